The number of carboxylic acids is 1. The minimum Gasteiger partial charge on any atom is -0.490 e. The van der Waals surface area contributed by atoms with Crippen molar-refractivity contribution in [2.75, 3.05) is 26.8 Å². The van der Waals surface area contributed by atoms with Crippen molar-refractivity contribution in [3.8, 4) is 5.75 Å². The SMILES string of the molecule is COCC1(C(=O)O)CCN(C(=O)c2cccc(OC3CCCC3)c2)C1. The molecule has 1 aliphatic heterocycles. The normalized spacial score (nSPS) is 23.8. The molecule has 0 spiro atoms. The summed E-state index contributed by atoms with van der Waals surface area (Å²) in [5.74, 6) is -0.364. The number of rotatable bonds is 6. The number of likely N-dealkylation sites (tertiary alicyclic amines) is 1. The van der Waals surface area contributed by atoms with E-state index in [1.165, 1.54) is 20.0 Å². The number of methoxy groups -OCH3 is 1. The second kappa shape index (κ2) is 7.44. The van der Waals surface area contributed by atoms with E-state index in [4.69, 9.17) is 9.47 Å². The summed E-state index contributed by atoms with van der Waals surface area (Å²) < 4.78 is 11.0. The van der Waals surface area contributed by atoms with Gasteiger partial charge in [0.05, 0.1) is 12.7 Å². The highest BCUT2D eigenvalue weighted by Crippen LogP contribution is 2.32. The number of carbonyl (C=O) groups is 2. The van der Waals surface area contributed by atoms with Crippen LogP contribution in [0.1, 0.15) is 42.5 Å². The molecule has 25 heavy (non-hydrogen) atoms. The second-order valence-corrected chi connectivity index (χ2v) is 7.05. The molecule has 0 aromatic heterocycles. The molecule has 1 aromatic carbocycles. The quantitative estimate of drug-likeness (QED) is 0.856. The number of hydrogen-bond donors (Lipinski definition) is 1. The fourth-order valence-corrected chi connectivity index (χ4v) is 3.76. The van der Waals surface area contributed by atoms with Gasteiger partial charge < -0.3 is 19.5 Å². The summed E-state index contributed by atoms with van der Waals surface area (Å²) in [7, 11) is 1.49. The first-order chi connectivity index (χ1) is 12.0. The van der Waals surface area contributed by atoms with Gasteiger partial charge in [-0.25, -0.2) is 0 Å². The van der Waals surface area contributed by atoms with Gasteiger partial charge in [-0.1, -0.05) is 6.07 Å². The number of carboxylic acid groups (broad SMARTS) is 1. The number of aliphatic carboxylic acids is 1. The fraction of sp³-hybridized carbons (Fsp3) is 0.579. The Morgan fingerprint density at radius 1 is 1.32 bits per heavy atom. The highest BCUT2D eigenvalue weighted by atomic mass is 16.5. The largest absolute Gasteiger partial charge is 0.490 e. The van der Waals surface area contributed by atoms with Crippen molar-refractivity contribution in [1.82, 2.24) is 4.90 Å². The van der Waals surface area contributed by atoms with Crippen LogP contribution >= 0.6 is 0 Å². The molecule has 1 aromatic rings. The van der Waals surface area contributed by atoms with Crippen LogP contribution in [0.5, 0.6) is 5.75 Å². The number of benzene rings is 1. The predicted molar refractivity (Wildman–Crippen MR) is 91.8 cm³/mol. The smallest absolute Gasteiger partial charge is 0.313 e. The molecule has 6 nitrogen and oxygen atoms in total. The van der Waals surface area contributed by atoms with Crippen molar-refractivity contribution in [3.05, 3.63) is 29.8 Å². The van der Waals surface area contributed by atoms with Crippen LogP contribution in [0.2, 0.25) is 0 Å². The van der Waals surface area contributed by atoms with Crippen LogP contribution in [-0.2, 0) is 9.53 Å². The molecule has 2 fully saturated rings. The number of amides is 1. The summed E-state index contributed by atoms with van der Waals surface area (Å²) in [6, 6.07) is 7.19. The first-order valence-corrected chi connectivity index (χ1v) is 8.82. The average Bonchev–Trinajstić information content (AvgIpc) is 3.25. The van der Waals surface area contributed by atoms with Crippen molar-refractivity contribution < 1.29 is 24.2 Å². The van der Waals surface area contributed by atoms with Gasteiger partial charge in [-0.15, -0.1) is 0 Å². The molecule has 136 valence electrons. The molecule has 1 heterocycles. The number of hydrogen-bond acceptors (Lipinski definition) is 4. The van der Waals surface area contributed by atoms with E-state index in [0.29, 0.717) is 24.3 Å². The van der Waals surface area contributed by atoms with Crippen LogP contribution in [0.15, 0.2) is 24.3 Å². The molecule has 1 unspecified atom stereocenters. The van der Waals surface area contributed by atoms with E-state index in [-0.39, 0.29) is 25.2 Å². The molecule has 6 heteroatoms. The molecule has 1 saturated heterocycles. The maximum atomic E-state index is 12.8. The van der Waals surface area contributed by atoms with Crippen LogP contribution in [0.25, 0.3) is 0 Å². The van der Waals surface area contributed by atoms with Crippen LogP contribution < -0.4 is 4.74 Å². The Morgan fingerprint density at radius 2 is 2.08 bits per heavy atom. The lowest BCUT2D eigenvalue weighted by molar-refractivity contribution is -0.151. The van der Waals surface area contributed by atoms with Crippen molar-refractivity contribution in [1.29, 1.82) is 0 Å². The molecule has 2 aliphatic rings. The van der Waals surface area contributed by atoms with Crippen LogP contribution in [0.4, 0.5) is 0 Å². The Hall–Kier alpha value is -2.08. The third-order valence-electron chi connectivity index (χ3n) is 5.20. The van der Waals surface area contributed by atoms with Gasteiger partial charge in [-0.2, -0.15) is 0 Å². The summed E-state index contributed by atoms with van der Waals surface area (Å²) in [5, 5.41) is 9.53. The number of nitrogens with zero attached hydrogens (tertiary/aromatic N) is 1. The fourth-order valence-electron chi connectivity index (χ4n) is 3.76. The van der Waals surface area contributed by atoms with Crippen LogP contribution in [0.3, 0.4) is 0 Å². The van der Waals surface area contributed by atoms with E-state index in [9.17, 15) is 14.7 Å². The lowest BCUT2D eigenvalue weighted by Gasteiger charge is -2.24. The summed E-state index contributed by atoms with van der Waals surface area (Å²) >= 11 is 0. The van der Waals surface area contributed by atoms with Gasteiger partial charge in [0, 0.05) is 25.8 Å². The molecule has 1 amide bonds. The van der Waals surface area contributed by atoms with E-state index in [1.807, 2.05) is 12.1 Å². The van der Waals surface area contributed by atoms with Crippen molar-refractivity contribution in [3.63, 3.8) is 0 Å². The van der Waals surface area contributed by atoms with Gasteiger partial charge in [0.25, 0.3) is 5.91 Å². The van der Waals surface area contributed by atoms with Crippen molar-refractivity contribution >= 4 is 11.9 Å². The molecule has 1 aliphatic carbocycles. The molecule has 1 N–H and O–H groups in total. The van der Waals surface area contributed by atoms with Crippen molar-refractivity contribution in [2.45, 2.75) is 38.2 Å². The van der Waals surface area contributed by atoms with Gasteiger partial charge in [0.15, 0.2) is 0 Å². The number of ether oxygens (including phenoxy) is 2. The maximum Gasteiger partial charge on any atom is 0.313 e. The summed E-state index contributed by atoms with van der Waals surface area (Å²) in [5.41, 5.74) is -0.475. The van der Waals surface area contributed by atoms with E-state index in [1.54, 1.807) is 17.0 Å². The third-order valence-corrected chi connectivity index (χ3v) is 5.20. The maximum absolute atomic E-state index is 12.8. The first kappa shape index (κ1) is 17.7. The average molecular weight is 347 g/mol. The zero-order valence-electron chi connectivity index (χ0n) is 14.6. The lowest BCUT2D eigenvalue weighted by Crippen LogP contribution is -2.40. The van der Waals surface area contributed by atoms with Gasteiger partial charge in [-0.05, 0) is 50.3 Å². The molecular formula is C19H25NO5. The van der Waals surface area contributed by atoms with E-state index in [2.05, 4.69) is 0 Å². The summed E-state index contributed by atoms with van der Waals surface area (Å²) in [4.78, 5) is 26.0. The summed E-state index contributed by atoms with van der Waals surface area (Å²) in [6.45, 7) is 0.696. The molecule has 3 rings (SSSR count). The molecule has 1 atom stereocenters. The second-order valence-electron chi connectivity index (χ2n) is 7.05. The first-order valence-electron chi connectivity index (χ1n) is 8.82. The third kappa shape index (κ3) is 3.79. The summed E-state index contributed by atoms with van der Waals surface area (Å²) in [6.07, 6.45) is 5.13. The standard InChI is InChI=1S/C19H25NO5/c1-24-13-19(18(22)23)9-10-20(12-19)17(21)14-5-4-8-16(11-14)25-15-6-2-3-7-15/h4-5,8,11,15H,2-3,6-7,9-10,12-13H2,1H3,(H,22,23). The zero-order valence-corrected chi connectivity index (χ0v) is 14.6. The van der Waals surface area contributed by atoms with Gasteiger partial charge in [-0.3, -0.25) is 9.59 Å². The Kier molecular flexibility index (Phi) is 5.27. The molecule has 1 saturated carbocycles. The topological polar surface area (TPSA) is 76.1 Å². The monoisotopic (exact) mass is 347 g/mol. The van der Waals surface area contributed by atoms with E-state index >= 15 is 0 Å². The molecule has 0 bridgehead atoms. The van der Waals surface area contributed by atoms with Gasteiger partial charge in [0.1, 0.15) is 11.2 Å². The van der Waals surface area contributed by atoms with E-state index < -0.39 is 11.4 Å². The minimum absolute atomic E-state index is 0.108. The minimum atomic E-state index is -1.01. The highest BCUT2D eigenvalue weighted by molar-refractivity contribution is 5.95. The predicted octanol–water partition coefficient (Wildman–Crippen LogP) is 2.57. The van der Waals surface area contributed by atoms with Crippen LogP contribution in [-0.4, -0.2) is 54.8 Å². The molecule has 0 radical (unpaired) electrons. The lowest BCUT2D eigenvalue weighted by atomic mass is 9.88. The van der Waals surface area contributed by atoms with Crippen LogP contribution in [0, 0.1) is 5.41 Å². The Morgan fingerprint density at radius 3 is 2.76 bits per heavy atom. The van der Waals surface area contributed by atoms with Gasteiger partial charge in [0.2, 0.25) is 0 Å². The van der Waals surface area contributed by atoms with E-state index in [0.717, 1.165) is 12.8 Å². The Balaban J connectivity index is 1.69. The highest BCUT2D eigenvalue weighted by Gasteiger charge is 2.46. The number of carbonyl (C=O) groups excluding carboxylic acids is 1. The Bertz CT molecular complexity index is 640. The zero-order chi connectivity index (χ0) is 17.9. The molecular weight excluding hydrogens is 322 g/mol. The Labute approximate surface area is 147 Å². The van der Waals surface area contributed by atoms with Crippen molar-refractivity contribution in [2.24, 2.45) is 5.41 Å². The van der Waals surface area contributed by atoms with Gasteiger partial charge >= 0.3 is 5.97 Å².